The third kappa shape index (κ3) is 4.40. The van der Waals surface area contributed by atoms with Gasteiger partial charge >= 0.3 is 7.60 Å². The summed E-state index contributed by atoms with van der Waals surface area (Å²) in [6.07, 6.45) is 1.29. The Balaban J connectivity index is 2.35. The number of rotatable bonds is 8. The lowest BCUT2D eigenvalue weighted by atomic mass is 10.7. The highest BCUT2D eigenvalue weighted by Crippen LogP contribution is 2.47. The number of aromatic nitrogens is 3. The molecular weight excluding hydrogens is 233 g/mol. The molecule has 0 aliphatic rings. The van der Waals surface area contributed by atoms with Gasteiger partial charge in [-0.3, -0.25) is 9.66 Å². The lowest BCUT2D eigenvalue weighted by Crippen LogP contribution is -2.04. The number of H-pyrrole nitrogens is 1. The highest BCUT2D eigenvalue weighted by atomic mass is 31.2. The molecule has 0 bridgehead atoms. The third-order valence-corrected chi connectivity index (χ3v) is 3.41. The molecule has 92 valence electrons. The van der Waals surface area contributed by atoms with E-state index in [0.717, 1.165) is 0 Å². The minimum absolute atomic E-state index is 0.0879. The summed E-state index contributed by atoms with van der Waals surface area (Å²) in [5.74, 6) is 0.569. The van der Waals surface area contributed by atoms with Crippen molar-refractivity contribution < 1.29 is 18.3 Å². The number of ether oxygens (including phenoxy) is 1. The van der Waals surface area contributed by atoms with Gasteiger partial charge in [-0.2, -0.15) is 5.10 Å². The smallest absolute Gasteiger partial charge is 0.356 e. The number of hydrogen-bond donors (Lipinski definition) is 1. The second-order valence-corrected chi connectivity index (χ2v) is 4.85. The summed E-state index contributed by atoms with van der Waals surface area (Å²) in [4.78, 5) is 3.86. The molecule has 1 aromatic rings. The molecule has 0 radical (unpaired) electrons. The first-order valence-corrected chi connectivity index (χ1v) is 6.73. The van der Waals surface area contributed by atoms with Gasteiger partial charge < -0.3 is 13.8 Å². The van der Waals surface area contributed by atoms with Gasteiger partial charge in [-0.1, -0.05) is 0 Å². The van der Waals surface area contributed by atoms with Crippen LogP contribution in [0.25, 0.3) is 0 Å². The molecule has 0 unspecified atom stereocenters. The Kier molecular flexibility index (Phi) is 5.62. The number of hydrogen-bond acceptors (Lipinski definition) is 6. The summed E-state index contributed by atoms with van der Waals surface area (Å²) in [6, 6.07) is 0. The van der Waals surface area contributed by atoms with E-state index in [1.165, 1.54) is 6.33 Å². The fraction of sp³-hybridized carbons (Fsp3) is 0.750. The molecule has 0 atom stereocenters. The maximum Gasteiger partial charge on any atom is 0.356 e. The van der Waals surface area contributed by atoms with Gasteiger partial charge in [-0.15, -0.1) is 0 Å². The summed E-state index contributed by atoms with van der Waals surface area (Å²) in [5, 5.41) is 6.29. The molecule has 0 amide bonds. The first-order chi connectivity index (χ1) is 7.70. The van der Waals surface area contributed by atoms with Crippen molar-refractivity contribution in [1.82, 2.24) is 15.2 Å². The van der Waals surface area contributed by atoms with Gasteiger partial charge in [-0.25, -0.2) is 4.98 Å². The summed E-state index contributed by atoms with van der Waals surface area (Å²) in [6.45, 7) is 4.35. The molecule has 0 aliphatic heterocycles. The molecule has 0 spiro atoms. The average molecular weight is 249 g/mol. The van der Waals surface area contributed by atoms with Crippen LogP contribution in [0.3, 0.4) is 0 Å². The molecule has 0 aliphatic carbocycles. The molecule has 0 aromatic carbocycles. The summed E-state index contributed by atoms with van der Waals surface area (Å²) in [7, 11) is -3.12. The van der Waals surface area contributed by atoms with Crippen LogP contribution in [0.2, 0.25) is 0 Å². The van der Waals surface area contributed by atoms with Crippen molar-refractivity contribution >= 4 is 7.60 Å². The molecular formula is C8H16N3O4P. The quantitative estimate of drug-likeness (QED) is 0.703. The second-order valence-electron chi connectivity index (χ2n) is 2.86. The van der Waals surface area contributed by atoms with Crippen molar-refractivity contribution in [1.29, 1.82) is 0 Å². The number of aromatic amines is 1. The Morgan fingerprint density at radius 1 is 1.38 bits per heavy atom. The van der Waals surface area contributed by atoms with Crippen molar-refractivity contribution in [2.75, 3.05) is 19.6 Å². The van der Waals surface area contributed by atoms with Crippen LogP contribution in [-0.4, -0.2) is 34.7 Å². The topological polar surface area (TPSA) is 86.3 Å². The van der Waals surface area contributed by atoms with Crippen LogP contribution >= 0.6 is 7.60 Å². The van der Waals surface area contributed by atoms with E-state index in [-0.39, 0.29) is 13.0 Å². The average Bonchev–Trinajstić information content (AvgIpc) is 2.71. The molecule has 8 heteroatoms. The molecule has 1 heterocycles. The molecule has 0 saturated heterocycles. The van der Waals surface area contributed by atoms with E-state index in [0.29, 0.717) is 19.0 Å². The van der Waals surface area contributed by atoms with E-state index in [9.17, 15) is 4.57 Å². The van der Waals surface area contributed by atoms with E-state index in [2.05, 4.69) is 15.2 Å². The van der Waals surface area contributed by atoms with Crippen molar-refractivity contribution in [3.8, 4) is 0 Å². The second kappa shape index (κ2) is 6.75. The minimum atomic E-state index is -3.12. The number of nitrogens with one attached hydrogen (secondary N) is 1. The van der Waals surface area contributed by atoms with Crippen molar-refractivity contribution in [2.24, 2.45) is 0 Å². The van der Waals surface area contributed by atoms with E-state index in [1.54, 1.807) is 13.8 Å². The third-order valence-electron chi connectivity index (χ3n) is 1.60. The van der Waals surface area contributed by atoms with Gasteiger partial charge in [0.1, 0.15) is 25.1 Å². The Morgan fingerprint density at radius 2 is 2.06 bits per heavy atom. The molecule has 0 fully saturated rings. The van der Waals surface area contributed by atoms with E-state index < -0.39 is 7.60 Å². The van der Waals surface area contributed by atoms with Gasteiger partial charge in [-0.05, 0) is 13.8 Å². The predicted molar refractivity (Wildman–Crippen MR) is 56.9 cm³/mol. The van der Waals surface area contributed by atoms with Crippen molar-refractivity contribution in [3.63, 3.8) is 0 Å². The SMILES string of the molecule is CCOP(=O)(COCc1ncn[nH]1)OCC. The Morgan fingerprint density at radius 3 is 2.56 bits per heavy atom. The molecule has 7 nitrogen and oxygen atoms in total. The van der Waals surface area contributed by atoms with Crippen molar-refractivity contribution in [2.45, 2.75) is 20.5 Å². The first kappa shape index (κ1) is 13.3. The van der Waals surface area contributed by atoms with Gasteiger partial charge in [0, 0.05) is 0 Å². The Hall–Kier alpha value is -0.750. The fourth-order valence-electron chi connectivity index (χ4n) is 1.06. The van der Waals surface area contributed by atoms with E-state index >= 15 is 0 Å². The van der Waals surface area contributed by atoms with E-state index in [4.69, 9.17) is 13.8 Å². The Labute approximate surface area is 94.0 Å². The summed E-state index contributed by atoms with van der Waals surface area (Å²) in [5.41, 5.74) is 0. The molecule has 1 N–H and O–H groups in total. The molecule has 1 aromatic heterocycles. The van der Waals surface area contributed by atoms with Crippen LogP contribution < -0.4 is 0 Å². The Bertz CT molecular complexity index is 320. The zero-order valence-corrected chi connectivity index (χ0v) is 10.3. The van der Waals surface area contributed by atoms with Crippen LogP contribution in [-0.2, 0) is 25.0 Å². The fourth-order valence-corrected chi connectivity index (χ4v) is 2.38. The highest BCUT2D eigenvalue weighted by Gasteiger charge is 2.23. The first-order valence-electron chi connectivity index (χ1n) is 5.00. The van der Waals surface area contributed by atoms with Crippen LogP contribution in [0.4, 0.5) is 0 Å². The monoisotopic (exact) mass is 249 g/mol. The van der Waals surface area contributed by atoms with E-state index in [1.807, 2.05) is 0 Å². The standard InChI is InChI=1S/C8H16N3O4P/c1-3-14-16(12,15-4-2)7-13-5-8-9-6-10-11-8/h6H,3-5,7H2,1-2H3,(H,9,10,11). The van der Waals surface area contributed by atoms with Gasteiger partial charge in [0.2, 0.25) is 0 Å². The normalized spacial score (nSPS) is 11.9. The summed E-state index contributed by atoms with van der Waals surface area (Å²) >= 11 is 0. The molecule has 16 heavy (non-hydrogen) atoms. The minimum Gasteiger partial charge on any atom is -0.361 e. The molecule has 0 saturated carbocycles. The van der Waals surface area contributed by atoms with Gasteiger partial charge in [0.15, 0.2) is 0 Å². The highest BCUT2D eigenvalue weighted by molar-refractivity contribution is 7.53. The molecule has 1 rings (SSSR count). The van der Waals surface area contributed by atoms with Crippen LogP contribution in [0.15, 0.2) is 6.33 Å². The maximum atomic E-state index is 11.9. The zero-order valence-electron chi connectivity index (χ0n) is 9.38. The van der Waals surface area contributed by atoms with Crippen LogP contribution in [0, 0.1) is 0 Å². The van der Waals surface area contributed by atoms with Gasteiger partial charge in [0.25, 0.3) is 0 Å². The number of nitrogens with zero attached hydrogens (tertiary/aromatic N) is 2. The predicted octanol–water partition coefficient (Wildman–Crippen LogP) is 1.54. The van der Waals surface area contributed by atoms with Gasteiger partial charge in [0.05, 0.1) is 13.2 Å². The van der Waals surface area contributed by atoms with Crippen molar-refractivity contribution in [3.05, 3.63) is 12.2 Å². The van der Waals surface area contributed by atoms with Crippen LogP contribution in [0.1, 0.15) is 19.7 Å². The zero-order chi connectivity index (χ0) is 11.9. The largest absolute Gasteiger partial charge is 0.361 e. The summed E-state index contributed by atoms with van der Waals surface area (Å²) < 4.78 is 27.2. The lowest BCUT2D eigenvalue weighted by Gasteiger charge is -2.16. The van der Waals surface area contributed by atoms with Crippen LogP contribution in [0.5, 0.6) is 0 Å². The lowest BCUT2D eigenvalue weighted by molar-refractivity contribution is 0.119. The maximum absolute atomic E-state index is 11.9.